The van der Waals surface area contributed by atoms with Gasteiger partial charge in [-0.15, -0.1) is 0 Å². The highest BCUT2D eigenvalue weighted by atomic mass is 35.5. The Balaban J connectivity index is 0.00000289. The smallest absolute Gasteiger partial charge is 0.261 e. The third-order valence-electron chi connectivity index (χ3n) is 5.94. The second-order valence-corrected chi connectivity index (χ2v) is 8.80. The average Bonchev–Trinajstić information content (AvgIpc) is 2.85. The van der Waals surface area contributed by atoms with Crippen LogP contribution in [0.2, 0.25) is 5.02 Å². The molecule has 5 rings (SSSR count). The van der Waals surface area contributed by atoms with E-state index in [0.717, 1.165) is 29.7 Å². The molecule has 0 unspecified atom stereocenters. The van der Waals surface area contributed by atoms with Crippen LogP contribution in [0, 0.1) is 0 Å². The highest BCUT2D eigenvalue weighted by molar-refractivity contribution is 6.31. The lowest BCUT2D eigenvalue weighted by atomic mass is 10.0. The van der Waals surface area contributed by atoms with Gasteiger partial charge >= 0.3 is 0 Å². The van der Waals surface area contributed by atoms with Crippen LogP contribution in [-0.2, 0) is 17.9 Å². The van der Waals surface area contributed by atoms with Gasteiger partial charge in [0.2, 0.25) is 5.91 Å². The minimum absolute atomic E-state index is 0. The molecule has 1 N–H and O–H groups in total. The van der Waals surface area contributed by atoms with Crippen molar-refractivity contribution in [1.29, 1.82) is 0 Å². The summed E-state index contributed by atoms with van der Waals surface area (Å²) in [6, 6.07) is 18.7. The van der Waals surface area contributed by atoms with E-state index in [4.69, 9.17) is 16.6 Å². The van der Waals surface area contributed by atoms with E-state index in [0.29, 0.717) is 41.3 Å². The summed E-state index contributed by atoms with van der Waals surface area (Å²) in [5.41, 5.74) is 3.34. The molecule has 8 heteroatoms. The molecular formula is C27H24Cl2N4O2. The standard InChI is InChI=1S/C27H23ClN4O2.ClH/c28-21-8-11-23-24(18-21)30-26-20(5-4-15-32(26)27(23)34)17-19-6-9-22(10-7-19)29-25(33)12-16-31-13-2-1-3-14-31;/h1-3,6-11,13-14,17-18H,4-5,12,15-16H2;1H. The van der Waals surface area contributed by atoms with E-state index in [-0.39, 0.29) is 23.9 Å². The second-order valence-electron chi connectivity index (χ2n) is 8.36. The molecule has 0 spiro atoms. The number of pyridine rings is 1. The molecule has 1 aliphatic rings. The quantitative estimate of drug-likeness (QED) is 0.419. The first kappa shape index (κ1) is 24.6. The van der Waals surface area contributed by atoms with Crippen LogP contribution in [0.5, 0.6) is 0 Å². The van der Waals surface area contributed by atoms with Crippen molar-refractivity contribution in [3.63, 3.8) is 0 Å². The number of rotatable bonds is 5. The Morgan fingerprint density at radius 1 is 1.11 bits per heavy atom. The summed E-state index contributed by atoms with van der Waals surface area (Å²) in [6.07, 6.45) is 8.07. The van der Waals surface area contributed by atoms with Crippen molar-refractivity contribution in [2.75, 3.05) is 5.32 Å². The van der Waals surface area contributed by atoms with Gasteiger partial charge in [0.15, 0.2) is 18.9 Å². The van der Waals surface area contributed by atoms with Gasteiger partial charge in [0.1, 0.15) is 5.82 Å². The van der Waals surface area contributed by atoms with Gasteiger partial charge in [0.05, 0.1) is 17.3 Å². The van der Waals surface area contributed by atoms with Gasteiger partial charge in [-0.1, -0.05) is 29.8 Å². The number of benzene rings is 2. The van der Waals surface area contributed by atoms with Crippen molar-refractivity contribution in [2.45, 2.75) is 32.4 Å². The molecule has 1 aliphatic heterocycles. The van der Waals surface area contributed by atoms with Crippen molar-refractivity contribution in [3.8, 4) is 0 Å². The number of nitrogens with zero attached hydrogens (tertiary/aromatic N) is 3. The molecule has 2 aromatic carbocycles. The van der Waals surface area contributed by atoms with Crippen LogP contribution >= 0.6 is 11.6 Å². The van der Waals surface area contributed by atoms with E-state index >= 15 is 0 Å². The lowest BCUT2D eigenvalue weighted by Gasteiger charge is -2.21. The third-order valence-corrected chi connectivity index (χ3v) is 6.18. The minimum Gasteiger partial charge on any atom is -1.00 e. The fourth-order valence-corrected chi connectivity index (χ4v) is 4.39. The topological polar surface area (TPSA) is 67.9 Å². The van der Waals surface area contributed by atoms with Gasteiger partial charge in [-0.05, 0) is 60.4 Å². The molecule has 0 saturated heterocycles. The number of fused-ring (bicyclic) bond motifs is 2. The molecule has 4 aromatic rings. The fraction of sp³-hybridized carbons (Fsp3) is 0.185. The molecule has 178 valence electrons. The van der Waals surface area contributed by atoms with Gasteiger partial charge < -0.3 is 17.7 Å². The maximum absolute atomic E-state index is 13.0. The van der Waals surface area contributed by atoms with Gasteiger partial charge in [-0.3, -0.25) is 14.2 Å². The Morgan fingerprint density at radius 3 is 2.66 bits per heavy atom. The number of amides is 1. The Kier molecular flexibility index (Phi) is 7.63. The predicted octanol–water partition coefficient (Wildman–Crippen LogP) is 1.70. The number of allylic oxidation sites excluding steroid dienone is 1. The number of hydrogen-bond acceptors (Lipinski definition) is 3. The summed E-state index contributed by atoms with van der Waals surface area (Å²) < 4.78 is 3.73. The first-order chi connectivity index (χ1) is 16.6. The average molecular weight is 507 g/mol. The SMILES string of the molecule is O=C(CC[n+]1ccccc1)Nc1ccc(/C=C2\CCCn3c2nc2cc(Cl)ccc2c3=O)cc1.[Cl-]. The number of hydrogen-bond donors (Lipinski definition) is 1. The van der Waals surface area contributed by atoms with E-state index in [1.165, 1.54) is 0 Å². The molecule has 6 nitrogen and oxygen atoms in total. The van der Waals surface area contributed by atoms with E-state index in [1.807, 2.05) is 59.4 Å². The summed E-state index contributed by atoms with van der Waals surface area (Å²) in [4.78, 5) is 30.1. The maximum Gasteiger partial charge on any atom is 0.261 e. The zero-order valence-electron chi connectivity index (χ0n) is 19.0. The van der Waals surface area contributed by atoms with Crippen LogP contribution in [0.4, 0.5) is 5.69 Å². The number of halogens is 2. The Hall–Kier alpha value is -3.48. The van der Waals surface area contributed by atoms with Crippen molar-refractivity contribution in [2.24, 2.45) is 0 Å². The largest absolute Gasteiger partial charge is 1.00 e. The Labute approximate surface area is 214 Å². The molecule has 1 amide bonds. The van der Waals surface area contributed by atoms with Gasteiger partial charge in [0.25, 0.3) is 5.56 Å². The van der Waals surface area contributed by atoms with E-state index in [9.17, 15) is 9.59 Å². The minimum atomic E-state index is -0.0333. The molecular weight excluding hydrogens is 483 g/mol. The zero-order valence-corrected chi connectivity index (χ0v) is 20.5. The van der Waals surface area contributed by atoms with E-state index in [1.54, 1.807) is 22.8 Å². The molecule has 0 bridgehead atoms. The maximum atomic E-state index is 13.0. The summed E-state index contributed by atoms with van der Waals surface area (Å²) >= 11 is 6.13. The van der Waals surface area contributed by atoms with Gasteiger partial charge in [-0.25, -0.2) is 9.55 Å². The molecule has 35 heavy (non-hydrogen) atoms. The van der Waals surface area contributed by atoms with Crippen LogP contribution in [0.3, 0.4) is 0 Å². The molecule has 0 radical (unpaired) electrons. The molecule has 0 atom stereocenters. The lowest BCUT2D eigenvalue weighted by Crippen LogP contribution is -3.00. The summed E-state index contributed by atoms with van der Waals surface area (Å²) in [6.45, 7) is 1.28. The van der Waals surface area contributed by atoms with E-state index in [2.05, 4.69) is 11.4 Å². The van der Waals surface area contributed by atoms with Crippen molar-refractivity contribution >= 4 is 45.7 Å². The van der Waals surface area contributed by atoms with Crippen molar-refractivity contribution in [1.82, 2.24) is 9.55 Å². The monoisotopic (exact) mass is 506 g/mol. The molecule has 3 heterocycles. The highest BCUT2D eigenvalue weighted by Crippen LogP contribution is 2.28. The van der Waals surface area contributed by atoms with Gasteiger partial charge in [-0.2, -0.15) is 0 Å². The van der Waals surface area contributed by atoms with Crippen LogP contribution in [0.25, 0.3) is 22.6 Å². The molecule has 2 aromatic heterocycles. The number of aromatic nitrogens is 3. The van der Waals surface area contributed by atoms with Gasteiger partial charge in [0, 0.05) is 29.4 Å². The first-order valence-electron chi connectivity index (χ1n) is 11.3. The molecule has 0 fully saturated rings. The van der Waals surface area contributed by atoms with Crippen LogP contribution in [-0.4, -0.2) is 15.5 Å². The normalized spacial score (nSPS) is 13.8. The third kappa shape index (κ3) is 5.61. The predicted molar refractivity (Wildman–Crippen MR) is 134 cm³/mol. The molecule has 0 saturated carbocycles. The van der Waals surface area contributed by atoms with E-state index < -0.39 is 0 Å². The van der Waals surface area contributed by atoms with Crippen LogP contribution in [0.15, 0.2) is 77.9 Å². The van der Waals surface area contributed by atoms with Crippen LogP contribution in [0.1, 0.15) is 30.7 Å². The number of nitrogens with one attached hydrogen (secondary N) is 1. The summed E-state index contributed by atoms with van der Waals surface area (Å²) in [7, 11) is 0. The summed E-state index contributed by atoms with van der Waals surface area (Å²) in [5, 5.41) is 4.09. The van der Waals surface area contributed by atoms with Crippen LogP contribution < -0.4 is 27.9 Å². The highest BCUT2D eigenvalue weighted by Gasteiger charge is 2.19. The molecule has 0 aliphatic carbocycles. The van der Waals surface area contributed by atoms with Crippen molar-refractivity contribution < 1.29 is 21.8 Å². The second kappa shape index (κ2) is 10.8. The fourth-order valence-electron chi connectivity index (χ4n) is 4.22. The number of carbonyl (C=O) groups excluding carboxylic acids is 1. The number of aryl methyl sites for hydroxylation is 1. The number of anilines is 1. The Bertz CT molecular complexity index is 1450. The summed E-state index contributed by atoms with van der Waals surface area (Å²) in [5.74, 6) is 0.666. The lowest BCUT2D eigenvalue weighted by molar-refractivity contribution is -0.695. The zero-order chi connectivity index (χ0) is 23.5. The van der Waals surface area contributed by atoms with Crippen molar-refractivity contribution in [3.05, 3.63) is 99.8 Å². The first-order valence-corrected chi connectivity index (χ1v) is 11.7. The Morgan fingerprint density at radius 2 is 1.89 bits per heavy atom. The number of carbonyl (C=O) groups is 1.